The van der Waals surface area contributed by atoms with Crippen LogP contribution in [0.25, 0.3) is 0 Å². The lowest BCUT2D eigenvalue weighted by atomic mass is 9.89. The summed E-state index contributed by atoms with van der Waals surface area (Å²) in [6, 6.07) is 0. The van der Waals surface area contributed by atoms with Gasteiger partial charge in [0.05, 0.1) is 5.83 Å². The molecule has 3 N–H and O–H groups in total. The first-order chi connectivity index (χ1) is 5.61. The summed E-state index contributed by atoms with van der Waals surface area (Å²) in [6.45, 7) is 0. The monoisotopic (exact) mass is 175 g/mol. The molecule has 0 heterocycles. The van der Waals surface area contributed by atoms with Gasteiger partial charge in [-0.1, -0.05) is 6.08 Å². The number of carboxylic acids is 1. The van der Waals surface area contributed by atoms with Gasteiger partial charge in [-0.2, -0.15) is 0 Å². The Kier molecular flexibility index (Phi) is 2.81. The van der Waals surface area contributed by atoms with Crippen molar-refractivity contribution in [1.29, 1.82) is 0 Å². The van der Waals surface area contributed by atoms with Crippen molar-refractivity contribution in [3.63, 3.8) is 0 Å². The molecule has 68 valence electrons. The second-order valence-electron chi connectivity index (χ2n) is 3.00. The van der Waals surface area contributed by atoms with E-state index in [0.29, 0.717) is 12.8 Å². The van der Waals surface area contributed by atoms with Crippen LogP contribution in [0.15, 0.2) is 11.9 Å². The van der Waals surface area contributed by atoms with E-state index in [4.69, 9.17) is 10.2 Å². The van der Waals surface area contributed by atoms with Crippen molar-refractivity contribution in [1.82, 2.24) is 0 Å². The molecule has 2 atom stereocenters. The third kappa shape index (κ3) is 2.04. The molecule has 12 heavy (non-hydrogen) atoms. The molecule has 3 nitrogen and oxygen atoms in total. The number of allylic oxidation sites excluding steroid dienone is 2. The number of carbonyl (C=O) groups is 1. The smallest absolute Gasteiger partial charge is 0.384 e. The van der Waals surface area contributed by atoms with E-state index in [9.17, 15) is 9.18 Å². The first kappa shape index (κ1) is 9.19. The van der Waals surface area contributed by atoms with Crippen LogP contribution in [-0.2, 0) is 4.79 Å². The number of carboxylic acid groups (broad SMARTS) is 1. The highest BCUT2D eigenvalue weighted by atomic mass is 19.1. The van der Waals surface area contributed by atoms with Crippen LogP contribution in [0.4, 0.5) is 4.39 Å². The lowest BCUT2D eigenvalue weighted by molar-refractivity contribution is -0.149. The zero-order chi connectivity index (χ0) is 9.14. The van der Waals surface area contributed by atoms with E-state index in [-0.39, 0.29) is 18.2 Å². The Hall–Kier alpha value is -0.900. The maximum Gasteiger partial charge on any atom is 0.384 e. The van der Waals surface area contributed by atoms with Crippen molar-refractivity contribution >= 4 is 5.97 Å². The molecule has 1 aliphatic rings. The first-order valence-corrected chi connectivity index (χ1v) is 3.89. The third-order valence-corrected chi connectivity index (χ3v) is 2.13. The fourth-order valence-electron chi connectivity index (χ4n) is 1.33. The Morgan fingerprint density at radius 3 is 2.92 bits per heavy atom. The molecule has 0 radical (unpaired) electrons. The van der Waals surface area contributed by atoms with Crippen LogP contribution in [0.1, 0.15) is 19.3 Å². The highest BCUT2D eigenvalue weighted by Gasteiger charge is 2.31. The quantitative estimate of drug-likeness (QED) is 0.631. The summed E-state index contributed by atoms with van der Waals surface area (Å²) < 4.78 is 12.5. The Morgan fingerprint density at radius 1 is 1.83 bits per heavy atom. The van der Waals surface area contributed by atoms with Crippen LogP contribution in [-0.4, -0.2) is 22.3 Å². The van der Waals surface area contributed by atoms with E-state index < -0.39 is 12.1 Å². The SMILES string of the molecule is O=C(O)C([OH2+])C1CC=C(F)CC1. The first-order valence-electron chi connectivity index (χ1n) is 3.89. The van der Waals surface area contributed by atoms with Gasteiger partial charge < -0.3 is 10.2 Å². The summed E-state index contributed by atoms with van der Waals surface area (Å²) >= 11 is 0. The normalized spacial score (nSPS) is 26.2. The molecule has 0 aliphatic heterocycles. The molecular formula is C8H12FO3+. The standard InChI is InChI=1S/C8H11FO3/c9-6-3-1-5(2-4-6)7(10)8(11)12/h3,5,7,10H,1-2,4H2,(H,11,12)/p+1. The average molecular weight is 175 g/mol. The van der Waals surface area contributed by atoms with Gasteiger partial charge >= 0.3 is 5.97 Å². The van der Waals surface area contributed by atoms with Crippen molar-refractivity contribution in [2.75, 3.05) is 0 Å². The highest BCUT2D eigenvalue weighted by Crippen LogP contribution is 2.26. The van der Waals surface area contributed by atoms with Gasteiger partial charge in [0.15, 0.2) is 0 Å². The van der Waals surface area contributed by atoms with E-state index in [0.717, 1.165) is 0 Å². The molecule has 0 spiro atoms. The lowest BCUT2D eigenvalue weighted by Crippen LogP contribution is -2.30. The van der Waals surface area contributed by atoms with E-state index in [1.165, 1.54) is 6.08 Å². The molecule has 0 bridgehead atoms. The van der Waals surface area contributed by atoms with Crippen molar-refractivity contribution < 1.29 is 19.4 Å². The van der Waals surface area contributed by atoms with Crippen molar-refractivity contribution in [3.8, 4) is 0 Å². The van der Waals surface area contributed by atoms with Crippen molar-refractivity contribution in [2.45, 2.75) is 25.4 Å². The number of rotatable bonds is 2. The highest BCUT2D eigenvalue weighted by molar-refractivity contribution is 5.72. The zero-order valence-electron chi connectivity index (χ0n) is 6.59. The van der Waals surface area contributed by atoms with Crippen LogP contribution < -0.4 is 0 Å². The van der Waals surface area contributed by atoms with Gasteiger partial charge in [0.25, 0.3) is 6.10 Å². The maximum atomic E-state index is 12.5. The second kappa shape index (κ2) is 3.67. The molecule has 2 unspecified atom stereocenters. The molecule has 0 aromatic rings. The Balaban J connectivity index is 2.51. The molecule has 1 rings (SSSR count). The summed E-state index contributed by atoms with van der Waals surface area (Å²) in [5, 5.41) is 15.7. The molecule has 0 fully saturated rings. The molecule has 0 saturated carbocycles. The zero-order valence-corrected chi connectivity index (χ0v) is 6.59. The number of halogens is 1. The molecular weight excluding hydrogens is 163 g/mol. The molecule has 0 saturated heterocycles. The topological polar surface area (TPSA) is 60.2 Å². The van der Waals surface area contributed by atoms with E-state index in [1.54, 1.807) is 0 Å². The van der Waals surface area contributed by atoms with Gasteiger partial charge in [0.2, 0.25) is 0 Å². The Labute approximate surface area is 69.5 Å². The van der Waals surface area contributed by atoms with Gasteiger partial charge in [-0.05, 0) is 19.3 Å². The molecule has 0 amide bonds. The fourth-order valence-corrected chi connectivity index (χ4v) is 1.33. The largest absolute Gasteiger partial charge is 0.475 e. The third-order valence-electron chi connectivity index (χ3n) is 2.13. The maximum absolute atomic E-state index is 12.5. The van der Waals surface area contributed by atoms with Gasteiger partial charge in [0, 0.05) is 5.92 Å². The van der Waals surface area contributed by atoms with Crippen molar-refractivity contribution in [2.24, 2.45) is 5.92 Å². The Morgan fingerprint density at radius 2 is 2.50 bits per heavy atom. The number of hydrogen-bond acceptors (Lipinski definition) is 1. The molecule has 0 aromatic heterocycles. The summed E-state index contributed by atoms with van der Waals surface area (Å²) in [6.07, 6.45) is 1.43. The van der Waals surface area contributed by atoms with E-state index >= 15 is 0 Å². The van der Waals surface area contributed by atoms with Gasteiger partial charge in [-0.15, -0.1) is 0 Å². The average Bonchev–Trinajstić information content (AvgIpc) is 2.04. The van der Waals surface area contributed by atoms with Crippen LogP contribution in [0.5, 0.6) is 0 Å². The molecule has 4 heteroatoms. The van der Waals surface area contributed by atoms with E-state index in [2.05, 4.69) is 0 Å². The van der Waals surface area contributed by atoms with Crippen molar-refractivity contribution in [3.05, 3.63) is 11.9 Å². The fraction of sp³-hybridized carbons (Fsp3) is 0.625. The van der Waals surface area contributed by atoms with Crippen LogP contribution in [0.3, 0.4) is 0 Å². The predicted octanol–water partition coefficient (Wildman–Crippen LogP) is 0.818. The predicted molar refractivity (Wildman–Crippen MR) is 41.6 cm³/mol. The van der Waals surface area contributed by atoms with Crippen LogP contribution in [0.2, 0.25) is 0 Å². The molecule has 0 aromatic carbocycles. The summed E-state index contributed by atoms with van der Waals surface area (Å²) in [7, 11) is 0. The summed E-state index contributed by atoms with van der Waals surface area (Å²) in [5.74, 6) is -1.51. The van der Waals surface area contributed by atoms with Crippen LogP contribution in [0, 0.1) is 5.92 Å². The van der Waals surface area contributed by atoms with E-state index in [1.807, 2.05) is 0 Å². The lowest BCUT2D eigenvalue weighted by Gasteiger charge is -2.18. The van der Waals surface area contributed by atoms with Gasteiger partial charge in [-0.3, -0.25) is 0 Å². The Bertz CT molecular complexity index is 212. The number of aliphatic carboxylic acids is 1. The summed E-state index contributed by atoms with van der Waals surface area (Å²) in [5.41, 5.74) is 0. The minimum atomic E-state index is -1.12. The summed E-state index contributed by atoms with van der Waals surface area (Å²) in [4.78, 5) is 10.4. The second-order valence-corrected chi connectivity index (χ2v) is 3.00. The molecule has 1 aliphatic carbocycles. The number of hydrogen-bond donors (Lipinski definition) is 1. The minimum absolute atomic E-state index is 0.177. The minimum Gasteiger partial charge on any atom is -0.475 e. The van der Waals surface area contributed by atoms with Gasteiger partial charge in [0.1, 0.15) is 0 Å². The van der Waals surface area contributed by atoms with Gasteiger partial charge in [-0.25, -0.2) is 9.18 Å². The van der Waals surface area contributed by atoms with Crippen LogP contribution >= 0.6 is 0 Å².